The SMILES string of the molecule is Cc1ccc(S(=O)(=O)c2ccc(OCC3CCC(CO)O3)cc2)cc1.[HH]. The fourth-order valence-corrected chi connectivity index (χ4v) is 4.06. The number of aliphatic hydroxyl groups is 1. The summed E-state index contributed by atoms with van der Waals surface area (Å²) in [5, 5.41) is 9.06. The number of hydrogen-bond donors (Lipinski definition) is 1. The summed E-state index contributed by atoms with van der Waals surface area (Å²) in [5.74, 6) is 0.596. The molecule has 2 atom stereocenters. The topological polar surface area (TPSA) is 72.8 Å². The molecule has 3 rings (SSSR count). The van der Waals surface area contributed by atoms with Gasteiger partial charge in [-0.05, 0) is 56.2 Å². The second-order valence-corrected chi connectivity index (χ2v) is 8.19. The maximum absolute atomic E-state index is 12.6. The molecule has 136 valence electrons. The third kappa shape index (κ3) is 4.21. The molecule has 0 aliphatic carbocycles. The first-order valence-electron chi connectivity index (χ1n) is 8.30. The highest BCUT2D eigenvalue weighted by Crippen LogP contribution is 2.24. The Labute approximate surface area is 149 Å². The third-order valence-electron chi connectivity index (χ3n) is 4.30. The van der Waals surface area contributed by atoms with Crippen molar-refractivity contribution in [3.05, 3.63) is 54.1 Å². The van der Waals surface area contributed by atoms with Crippen molar-refractivity contribution in [3.8, 4) is 5.75 Å². The minimum absolute atomic E-state index is 0. The fourth-order valence-electron chi connectivity index (χ4n) is 2.79. The average molecular weight is 364 g/mol. The summed E-state index contributed by atoms with van der Waals surface area (Å²) in [5.41, 5.74) is 1.01. The lowest BCUT2D eigenvalue weighted by Crippen LogP contribution is -2.20. The molecule has 0 radical (unpaired) electrons. The molecule has 1 heterocycles. The van der Waals surface area contributed by atoms with E-state index in [1.54, 1.807) is 48.5 Å². The van der Waals surface area contributed by atoms with Crippen molar-refractivity contribution in [2.45, 2.75) is 41.8 Å². The van der Waals surface area contributed by atoms with Crippen molar-refractivity contribution < 1.29 is 24.4 Å². The molecule has 1 saturated heterocycles. The molecular weight excluding hydrogens is 340 g/mol. The average Bonchev–Trinajstić information content (AvgIpc) is 3.09. The summed E-state index contributed by atoms with van der Waals surface area (Å²) < 4.78 is 36.5. The predicted octanol–water partition coefficient (Wildman–Crippen LogP) is 2.99. The second kappa shape index (κ2) is 7.56. The second-order valence-electron chi connectivity index (χ2n) is 6.24. The molecule has 0 amide bonds. The third-order valence-corrected chi connectivity index (χ3v) is 6.09. The highest BCUT2D eigenvalue weighted by atomic mass is 32.2. The van der Waals surface area contributed by atoms with Crippen LogP contribution in [0.1, 0.15) is 19.8 Å². The lowest BCUT2D eigenvalue weighted by atomic mass is 10.2. The van der Waals surface area contributed by atoms with Gasteiger partial charge in [-0.25, -0.2) is 8.42 Å². The first kappa shape index (κ1) is 17.9. The zero-order chi connectivity index (χ0) is 17.9. The van der Waals surface area contributed by atoms with Crippen molar-refractivity contribution >= 4 is 9.84 Å². The number of hydrogen-bond acceptors (Lipinski definition) is 5. The van der Waals surface area contributed by atoms with Crippen LogP contribution in [0.15, 0.2) is 58.3 Å². The Bertz CT molecular complexity index is 803. The molecule has 1 aliphatic heterocycles. The predicted molar refractivity (Wildman–Crippen MR) is 95.7 cm³/mol. The van der Waals surface area contributed by atoms with Gasteiger partial charge in [0.1, 0.15) is 12.4 Å². The molecular formula is C19H24O5S. The van der Waals surface area contributed by atoms with Crippen molar-refractivity contribution in [3.63, 3.8) is 0 Å². The van der Waals surface area contributed by atoms with Gasteiger partial charge < -0.3 is 14.6 Å². The van der Waals surface area contributed by atoms with E-state index in [1.165, 1.54) is 0 Å². The van der Waals surface area contributed by atoms with Crippen LogP contribution in [0, 0.1) is 6.92 Å². The molecule has 0 spiro atoms. The summed E-state index contributed by atoms with van der Waals surface area (Å²) in [4.78, 5) is 0.516. The number of rotatable bonds is 6. The molecule has 0 aromatic heterocycles. The molecule has 25 heavy (non-hydrogen) atoms. The lowest BCUT2D eigenvalue weighted by Gasteiger charge is -2.13. The highest BCUT2D eigenvalue weighted by Gasteiger charge is 2.25. The first-order valence-corrected chi connectivity index (χ1v) is 9.78. The van der Waals surface area contributed by atoms with Crippen LogP contribution in [-0.2, 0) is 14.6 Å². The molecule has 1 fully saturated rings. The zero-order valence-electron chi connectivity index (χ0n) is 14.1. The van der Waals surface area contributed by atoms with Crippen LogP contribution < -0.4 is 4.74 Å². The molecule has 0 saturated carbocycles. The van der Waals surface area contributed by atoms with Crippen LogP contribution >= 0.6 is 0 Å². The highest BCUT2D eigenvalue weighted by molar-refractivity contribution is 7.91. The number of aryl methyl sites for hydroxylation is 1. The summed E-state index contributed by atoms with van der Waals surface area (Å²) >= 11 is 0. The van der Waals surface area contributed by atoms with Gasteiger partial charge in [0.25, 0.3) is 0 Å². The molecule has 0 bridgehead atoms. The molecule has 1 N–H and O–H groups in total. The van der Waals surface area contributed by atoms with Gasteiger partial charge >= 0.3 is 0 Å². The Morgan fingerprint density at radius 1 is 1.04 bits per heavy atom. The first-order chi connectivity index (χ1) is 12.0. The number of sulfone groups is 1. The minimum Gasteiger partial charge on any atom is -0.491 e. The number of aliphatic hydroxyl groups excluding tert-OH is 1. The van der Waals surface area contributed by atoms with Gasteiger partial charge in [0.15, 0.2) is 0 Å². The molecule has 2 unspecified atom stereocenters. The van der Waals surface area contributed by atoms with Gasteiger partial charge in [-0.15, -0.1) is 0 Å². The summed E-state index contributed by atoms with van der Waals surface area (Å²) in [7, 11) is -3.52. The van der Waals surface area contributed by atoms with Crippen molar-refractivity contribution in [2.75, 3.05) is 13.2 Å². The Balaban J connectivity index is 0.00000243. The van der Waals surface area contributed by atoms with Gasteiger partial charge in [-0.3, -0.25) is 0 Å². The Kier molecular flexibility index (Phi) is 5.42. The van der Waals surface area contributed by atoms with Crippen LogP contribution in [0.5, 0.6) is 5.75 Å². The molecule has 6 heteroatoms. The maximum Gasteiger partial charge on any atom is 0.206 e. The van der Waals surface area contributed by atoms with Crippen LogP contribution in [0.3, 0.4) is 0 Å². The fraction of sp³-hybridized carbons (Fsp3) is 0.368. The molecule has 5 nitrogen and oxygen atoms in total. The summed E-state index contributed by atoms with van der Waals surface area (Å²) in [6.45, 7) is 2.34. The lowest BCUT2D eigenvalue weighted by molar-refractivity contribution is -0.00722. The van der Waals surface area contributed by atoms with E-state index in [-0.39, 0.29) is 30.0 Å². The van der Waals surface area contributed by atoms with Gasteiger partial charge in [0, 0.05) is 1.43 Å². The Morgan fingerprint density at radius 3 is 2.16 bits per heavy atom. The quantitative estimate of drug-likeness (QED) is 0.853. The molecule has 2 aromatic rings. The van der Waals surface area contributed by atoms with Crippen LogP contribution in [0.2, 0.25) is 0 Å². The maximum atomic E-state index is 12.6. The van der Waals surface area contributed by atoms with E-state index in [2.05, 4.69) is 0 Å². The largest absolute Gasteiger partial charge is 0.491 e. The zero-order valence-corrected chi connectivity index (χ0v) is 14.9. The Morgan fingerprint density at radius 2 is 1.60 bits per heavy atom. The minimum atomic E-state index is -3.52. The Hall–Kier alpha value is -1.89. The van der Waals surface area contributed by atoms with Crippen LogP contribution in [-0.4, -0.2) is 38.9 Å². The smallest absolute Gasteiger partial charge is 0.206 e. The van der Waals surface area contributed by atoms with Gasteiger partial charge in [-0.2, -0.15) is 0 Å². The van der Waals surface area contributed by atoms with E-state index < -0.39 is 9.84 Å². The molecule has 1 aliphatic rings. The van der Waals surface area contributed by atoms with E-state index in [4.69, 9.17) is 14.6 Å². The summed E-state index contributed by atoms with van der Waals surface area (Å²) in [6.07, 6.45) is 1.55. The van der Waals surface area contributed by atoms with Gasteiger partial charge in [-0.1, -0.05) is 17.7 Å². The summed E-state index contributed by atoms with van der Waals surface area (Å²) in [6, 6.07) is 13.2. The van der Waals surface area contributed by atoms with E-state index in [1.807, 2.05) is 6.92 Å². The van der Waals surface area contributed by atoms with Gasteiger partial charge in [0.05, 0.1) is 28.6 Å². The van der Waals surface area contributed by atoms with Crippen molar-refractivity contribution in [2.24, 2.45) is 0 Å². The standard InChI is InChI=1S/C19H22O5S.H2/c1-14-2-8-18(9-3-14)25(21,22)19-10-6-15(7-11-19)23-13-17-5-4-16(12-20)24-17;/h2-3,6-11,16-17,20H,4-5,12-13H2,1H3;1H. The van der Waals surface area contributed by atoms with E-state index in [0.717, 1.165) is 18.4 Å². The van der Waals surface area contributed by atoms with Crippen molar-refractivity contribution in [1.29, 1.82) is 0 Å². The van der Waals surface area contributed by atoms with Gasteiger partial charge in [0.2, 0.25) is 9.84 Å². The molecule has 2 aromatic carbocycles. The normalized spacial score (nSPS) is 20.6. The van der Waals surface area contributed by atoms with Crippen molar-refractivity contribution in [1.82, 2.24) is 0 Å². The van der Waals surface area contributed by atoms with E-state index in [0.29, 0.717) is 12.4 Å². The van der Waals surface area contributed by atoms with E-state index in [9.17, 15) is 8.42 Å². The number of benzene rings is 2. The van der Waals surface area contributed by atoms with Crippen LogP contribution in [0.25, 0.3) is 0 Å². The monoisotopic (exact) mass is 364 g/mol. The van der Waals surface area contributed by atoms with Crippen LogP contribution in [0.4, 0.5) is 0 Å². The number of ether oxygens (including phenoxy) is 2. The van der Waals surface area contributed by atoms with E-state index >= 15 is 0 Å².